The number of phenols is 1. The van der Waals surface area contributed by atoms with Gasteiger partial charge in [0.05, 0.1) is 6.10 Å². The summed E-state index contributed by atoms with van der Waals surface area (Å²) in [5, 5.41) is 19.5. The van der Waals surface area contributed by atoms with Crippen LogP contribution in [-0.4, -0.2) is 64.7 Å². The average Bonchev–Trinajstić information content (AvgIpc) is 2.86. The van der Waals surface area contributed by atoms with Crippen LogP contribution in [0, 0.1) is 0 Å². The summed E-state index contributed by atoms with van der Waals surface area (Å²) >= 11 is 0. The fraction of sp³-hybridized carbons (Fsp3) is 0.588. The Morgan fingerprint density at radius 2 is 2.00 bits per heavy atom. The molecule has 2 atom stereocenters. The predicted octanol–water partition coefficient (Wildman–Crippen LogP) is 1.24. The number of nitrogens with zero attached hydrogens (tertiary/aromatic N) is 2. The number of hydrogen-bond acceptors (Lipinski definition) is 4. The Kier molecular flexibility index (Phi) is 5.80. The molecule has 122 valence electrons. The third-order valence-corrected chi connectivity index (χ3v) is 4.32. The van der Waals surface area contributed by atoms with Crippen LogP contribution in [-0.2, 0) is 11.2 Å². The Morgan fingerprint density at radius 3 is 2.59 bits per heavy atom. The number of phenolic OH excluding ortho intramolecular Hbond substituents is 1. The van der Waals surface area contributed by atoms with E-state index in [0.29, 0.717) is 19.5 Å². The molecule has 0 saturated carbocycles. The van der Waals surface area contributed by atoms with E-state index in [0.717, 1.165) is 24.9 Å². The molecule has 1 saturated heterocycles. The molecule has 0 aromatic heterocycles. The minimum absolute atomic E-state index is 0.152. The quantitative estimate of drug-likeness (QED) is 0.795. The Bertz CT molecular complexity index is 489. The van der Waals surface area contributed by atoms with Gasteiger partial charge in [0, 0.05) is 32.1 Å². The Hall–Kier alpha value is -1.59. The van der Waals surface area contributed by atoms with E-state index in [4.69, 9.17) is 0 Å². The normalized spacial score (nSPS) is 18.0. The molecule has 1 aliphatic heterocycles. The number of aromatic hydroxyl groups is 1. The van der Waals surface area contributed by atoms with Crippen LogP contribution in [0.5, 0.6) is 5.75 Å². The highest BCUT2D eigenvalue weighted by Gasteiger charge is 2.23. The van der Waals surface area contributed by atoms with E-state index < -0.39 is 6.10 Å². The highest BCUT2D eigenvalue weighted by molar-refractivity contribution is 5.78. The predicted molar refractivity (Wildman–Crippen MR) is 85.7 cm³/mol. The van der Waals surface area contributed by atoms with Gasteiger partial charge < -0.3 is 20.0 Å². The molecule has 1 aliphatic rings. The van der Waals surface area contributed by atoms with Crippen LogP contribution in [0.4, 0.5) is 0 Å². The van der Waals surface area contributed by atoms with Gasteiger partial charge in [-0.05, 0) is 44.5 Å². The molecule has 1 aromatic rings. The van der Waals surface area contributed by atoms with Crippen molar-refractivity contribution < 1.29 is 15.0 Å². The summed E-state index contributed by atoms with van der Waals surface area (Å²) in [5.74, 6) is 0.425. The van der Waals surface area contributed by atoms with Crippen molar-refractivity contribution in [2.75, 3.05) is 26.7 Å². The molecule has 0 spiro atoms. The van der Waals surface area contributed by atoms with Crippen molar-refractivity contribution >= 4 is 5.91 Å². The monoisotopic (exact) mass is 306 g/mol. The van der Waals surface area contributed by atoms with Gasteiger partial charge in [0.1, 0.15) is 5.75 Å². The number of likely N-dealkylation sites (tertiary alicyclic amines) is 1. The number of carbonyl (C=O) groups excluding carboxylic acids is 1. The van der Waals surface area contributed by atoms with Gasteiger partial charge in [-0.1, -0.05) is 12.1 Å². The third kappa shape index (κ3) is 4.71. The summed E-state index contributed by atoms with van der Waals surface area (Å²) in [5.41, 5.74) is 1.15. The molecule has 1 aromatic carbocycles. The lowest BCUT2D eigenvalue weighted by Crippen LogP contribution is -2.42. The van der Waals surface area contributed by atoms with Crippen molar-refractivity contribution in [2.45, 2.75) is 38.3 Å². The second-order valence-electron chi connectivity index (χ2n) is 6.26. The second kappa shape index (κ2) is 7.61. The van der Waals surface area contributed by atoms with Gasteiger partial charge in [0.15, 0.2) is 0 Å². The number of likely N-dealkylation sites (N-methyl/N-ethyl adjacent to an activating group) is 1. The number of hydrogen-bond donors (Lipinski definition) is 2. The lowest BCUT2D eigenvalue weighted by molar-refractivity contribution is -0.129. The van der Waals surface area contributed by atoms with Gasteiger partial charge in [-0.2, -0.15) is 0 Å². The number of benzene rings is 1. The molecular formula is C17H26N2O3. The zero-order valence-corrected chi connectivity index (χ0v) is 13.4. The van der Waals surface area contributed by atoms with E-state index in [1.54, 1.807) is 17.0 Å². The van der Waals surface area contributed by atoms with Gasteiger partial charge >= 0.3 is 0 Å². The first-order valence-corrected chi connectivity index (χ1v) is 7.89. The van der Waals surface area contributed by atoms with E-state index in [-0.39, 0.29) is 17.7 Å². The van der Waals surface area contributed by atoms with Crippen LogP contribution < -0.4 is 0 Å². The molecule has 2 rings (SSSR count). The van der Waals surface area contributed by atoms with Crippen molar-refractivity contribution in [2.24, 2.45) is 0 Å². The Balaban J connectivity index is 1.78. The van der Waals surface area contributed by atoms with Crippen molar-refractivity contribution in [3.8, 4) is 5.75 Å². The molecule has 1 amide bonds. The van der Waals surface area contributed by atoms with Crippen molar-refractivity contribution in [1.29, 1.82) is 0 Å². The molecule has 5 heteroatoms. The minimum Gasteiger partial charge on any atom is -0.508 e. The molecule has 2 N–H and O–H groups in total. The molecule has 22 heavy (non-hydrogen) atoms. The summed E-state index contributed by atoms with van der Waals surface area (Å²) in [6.07, 6.45) is 1.85. The summed E-state index contributed by atoms with van der Waals surface area (Å²) in [6, 6.07) is 7.48. The van der Waals surface area contributed by atoms with Crippen LogP contribution in [0.2, 0.25) is 0 Å². The first-order valence-electron chi connectivity index (χ1n) is 7.89. The first-order chi connectivity index (χ1) is 10.5. The highest BCUT2D eigenvalue weighted by Crippen LogP contribution is 2.14. The highest BCUT2D eigenvalue weighted by atomic mass is 16.3. The fourth-order valence-electron chi connectivity index (χ4n) is 2.85. The molecule has 1 fully saturated rings. The number of rotatable bonds is 7. The summed E-state index contributed by atoms with van der Waals surface area (Å²) in [6.45, 7) is 3.85. The van der Waals surface area contributed by atoms with E-state index in [9.17, 15) is 15.0 Å². The number of aliphatic hydroxyl groups is 1. The first kappa shape index (κ1) is 16.8. The summed E-state index contributed by atoms with van der Waals surface area (Å²) < 4.78 is 0. The van der Waals surface area contributed by atoms with Gasteiger partial charge in [-0.3, -0.25) is 4.79 Å². The van der Waals surface area contributed by atoms with Crippen molar-refractivity contribution in [3.05, 3.63) is 29.8 Å². The number of amides is 1. The van der Waals surface area contributed by atoms with Crippen LogP contribution in [0.3, 0.4) is 0 Å². The molecule has 0 aliphatic carbocycles. The zero-order valence-electron chi connectivity index (χ0n) is 13.4. The van der Waals surface area contributed by atoms with E-state index in [1.807, 2.05) is 19.2 Å². The van der Waals surface area contributed by atoms with E-state index in [2.05, 4.69) is 11.8 Å². The van der Waals surface area contributed by atoms with Crippen LogP contribution >= 0.6 is 0 Å². The standard InChI is InChI=1S/C17H26N2O3/c1-13(10-14-5-7-15(20)8-6-14)18(2)11-16(21)12-19-9-3-4-17(19)22/h5-8,13,16,20-21H,3-4,9-12H2,1-2H3. The van der Waals surface area contributed by atoms with Crippen molar-refractivity contribution in [1.82, 2.24) is 9.80 Å². The maximum Gasteiger partial charge on any atom is 0.222 e. The summed E-state index contributed by atoms with van der Waals surface area (Å²) in [4.78, 5) is 15.4. The zero-order chi connectivity index (χ0) is 16.1. The fourth-order valence-corrected chi connectivity index (χ4v) is 2.85. The number of β-amino-alcohol motifs (C(OH)–C–C–N with tert-alkyl or cyclic N) is 1. The smallest absolute Gasteiger partial charge is 0.222 e. The lowest BCUT2D eigenvalue weighted by atomic mass is 10.1. The Morgan fingerprint density at radius 1 is 1.32 bits per heavy atom. The number of aliphatic hydroxyl groups excluding tert-OH is 1. The van der Waals surface area contributed by atoms with Gasteiger partial charge in [0.2, 0.25) is 5.91 Å². The van der Waals surface area contributed by atoms with E-state index in [1.165, 1.54) is 0 Å². The molecule has 1 heterocycles. The van der Waals surface area contributed by atoms with Gasteiger partial charge in [0.25, 0.3) is 0 Å². The van der Waals surface area contributed by atoms with Gasteiger partial charge in [-0.25, -0.2) is 0 Å². The second-order valence-corrected chi connectivity index (χ2v) is 6.26. The third-order valence-electron chi connectivity index (χ3n) is 4.32. The molecule has 2 unspecified atom stereocenters. The average molecular weight is 306 g/mol. The van der Waals surface area contributed by atoms with E-state index >= 15 is 0 Å². The largest absolute Gasteiger partial charge is 0.508 e. The molecule has 0 bridgehead atoms. The van der Waals surface area contributed by atoms with Crippen LogP contribution in [0.1, 0.15) is 25.3 Å². The topological polar surface area (TPSA) is 64.0 Å². The molecule has 0 radical (unpaired) electrons. The Labute approximate surface area is 132 Å². The molecule has 5 nitrogen and oxygen atoms in total. The van der Waals surface area contributed by atoms with Gasteiger partial charge in [-0.15, -0.1) is 0 Å². The van der Waals surface area contributed by atoms with Crippen molar-refractivity contribution in [3.63, 3.8) is 0 Å². The van der Waals surface area contributed by atoms with Crippen LogP contribution in [0.15, 0.2) is 24.3 Å². The summed E-state index contributed by atoms with van der Waals surface area (Å²) in [7, 11) is 1.99. The maximum absolute atomic E-state index is 11.6. The molecular weight excluding hydrogens is 280 g/mol. The minimum atomic E-state index is -0.519. The lowest BCUT2D eigenvalue weighted by Gasteiger charge is -2.29. The number of carbonyl (C=O) groups is 1. The maximum atomic E-state index is 11.6. The SMILES string of the molecule is CC(Cc1ccc(O)cc1)N(C)CC(O)CN1CCCC1=O. The van der Waals surface area contributed by atoms with Crippen LogP contribution in [0.25, 0.3) is 0 Å².